The lowest BCUT2D eigenvalue weighted by molar-refractivity contribution is -0.0268. The zero-order valence-electron chi connectivity index (χ0n) is 20.1. The molecule has 1 aromatic carbocycles. The number of rotatable bonds is 3. The molecule has 1 amide bonds. The molecule has 34 heavy (non-hydrogen) atoms. The van der Waals surface area contributed by atoms with Crippen LogP contribution in [-0.4, -0.2) is 82.4 Å². The number of carbonyl (C=O) groups excluding carboxylic acids is 1. The highest BCUT2D eigenvalue weighted by molar-refractivity contribution is 7.87. The molecule has 1 N–H and O–H groups in total. The Kier molecular flexibility index (Phi) is 8.34. The smallest absolute Gasteiger partial charge is 0.410 e. The van der Waals surface area contributed by atoms with Crippen molar-refractivity contribution in [1.29, 1.82) is 0 Å². The molecular formula is C24H37N3O6S. The summed E-state index contributed by atoms with van der Waals surface area (Å²) in [6.45, 7) is 1.50. The highest BCUT2D eigenvalue weighted by Gasteiger charge is 2.38. The summed E-state index contributed by atoms with van der Waals surface area (Å²) in [5.74, 6) is 1.33. The molecule has 3 heterocycles. The first-order chi connectivity index (χ1) is 16.3. The number of fused-ring (bicyclic) bond motifs is 8. The molecule has 4 aliphatic rings. The van der Waals surface area contributed by atoms with Gasteiger partial charge in [-0.15, -0.1) is 0 Å². The average molecular weight is 496 g/mol. The Balaban J connectivity index is 1.51. The monoisotopic (exact) mass is 495 g/mol. The Bertz CT molecular complexity index is 932. The summed E-state index contributed by atoms with van der Waals surface area (Å²) in [7, 11) is -0.662. The van der Waals surface area contributed by atoms with Crippen molar-refractivity contribution in [3.05, 3.63) is 29.8 Å². The number of benzene rings is 1. The molecule has 190 valence electrons. The van der Waals surface area contributed by atoms with Crippen molar-refractivity contribution in [2.45, 2.75) is 69.1 Å². The second-order valence-electron chi connectivity index (χ2n) is 9.61. The fraction of sp³-hybridized carbons (Fsp3) is 0.708. The topological polar surface area (TPSA) is 97.4 Å². The molecule has 10 heteroatoms. The fourth-order valence-electron chi connectivity index (χ4n) is 5.07. The third kappa shape index (κ3) is 6.21. The van der Waals surface area contributed by atoms with Crippen LogP contribution in [0.15, 0.2) is 24.3 Å². The van der Waals surface area contributed by atoms with Crippen LogP contribution in [0.4, 0.5) is 4.79 Å². The van der Waals surface area contributed by atoms with Gasteiger partial charge in [-0.25, -0.2) is 4.79 Å². The average Bonchev–Trinajstić information content (AvgIpc) is 2.82. The van der Waals surface area contributed by atoms with Gasteiger partial charge in [0.25, 0.3) is 10.2 Å². The van der Waals surface area contributed by atoms with E-state index >= 15 is 0 Å². The van der Waals surface area contributed by atoms with Crippen LogP contribution in [0.2, 0.25) is 0 Å². The van der Waals surface area contributed by atoms with Crippen molar-refractivity contribution in [1.82, 2.24) is 13.9 Å². The number of nitrogens with one attached hydrogen (secondary N) is 1. The van der Waals surface area contributed by atoms with Crippen molar-refractivity contribution >= 4 is 16.3 Å². The summed E-state index contributed by atoms with van der Waals surface area (Å²) >= 11 is 0. The highest BCUT2D eigenvalue weighted by atomic mass is 32.2. The molecule has 1 aromatic rings. The molecule has 1 saturated heterocycles. The van der Waals surface area contributed by atoms with Crippen LogP contribution in [-0.2, 0) is 19.7 Å². The van der Waals surface area contributed by atoms with Crippen molar-refractivity contribution < 1.29 is 27.4 Å². The lowest BCUT2D eigenvalue weighted by Crippen LogP contribution is -2.60. The van der Waals surface area contributed by atoms with E-state index in [4.69, 9.17) is 14.2 Å². The van der Waals surface area contributed by atoms with Gasteiger partial charge in [-0.3, -0.25) is 0 Å². The molecular weight excluding hydrogens is 458 g/mol. The van der Waals surface area contributed by atoms with Crippen LogP contribution >= 0.6 is 0 Å². The largest absolute Gasteiger partial charge is 0.493 e. The van der Waals surface area contributed by atoms with E-state index in [1.54, 1.807) is 4.90 Å². The van der Waals surface area contributed by atoms with Gasteiger partial charge in [-0.1, -0.05) is 12.1 Å². The summed E-state index contributed by atoms with van der Waals surface area (Å²) in [6, 6.07) is 7.43. The summed E-state index contributed by atoms with van der Waals surface area (Å²) < 4.78 is 46.8. The number of ether oxygens (including phenoxy) is 3. The second kappa shape index (κ2) is 11.2. The first kappa shape index (κ1) is 25.2. The van der Waals surface area contributed by atoms with Crippen molar-refractivity contribution in [3.63, 3.8) is 0 Å². The predicted octanol–water partition coefficient (Wildman–Crippen LogP) is 2.88. The maximum atomic E-state index is 13.0. The number of hydrogen-bond donors (Lipinski definition) is 1. The zero-order valence-corrected chi connectivity index (χ0v) is 21.0. The normalized spacial score (nSPS) is 29.1. The first-order valence-corrected chi connectivity index (χ1v) is 13.7. The van der Waals surface area contributed by atoms with E-state index in [1.807, 2.05) is 12.1 Å². The molecule has 1 saturated carbocycles. The number of carbonyl (C=O) groups is 1. The van der Waals surface area contributed by atoms with Crippen molar-refractivity contribution in [2.24, 2.45) is 0 Å². The summed E-state index contributed by atoms with van der Waals surface area (Å²) in [5, 5.41) is 0. The highest BCUT2D eigenvalue weighted by Crippen LogP contribution is 2.35. The first-order valence-electron chi connectivity index (χ1n) is 12.3. The molecule has 2 unspecified atom stereocenters. The van der Waals surface area contributed by atoms with E-state index < -0.39 is 28.4 Å². The van der Waals surface area contributed by atoms with Crippen LogP contribution in [0, 0.1) is 0 Å². The van der Waals surface area contributed by atoms with Crippen LogP contribution in [0.25, 0.3) is 0 Å². The van der Waals surface area contributed by atoms with E-state index in [0.29, 0.717) is 38.3 Å². The Morgan fingerprint density at radius 3 is 2.56 bits per heavy atom. The number of piperidine rings is 1. The fourth-order valence-corrected chi connectivity index (χ4v) is 5.94. The molecule has 5 rings (SSSR count). The molecule has 0 radical (unpaired) electrons. The van der Waals surface area contributed by atoms with Crippen molar-refractivity contribution in [2.75, 3.05) is 40.5 Å². The Labute approximate surface area is 202 Å². The van der Waals surface area contributed by atoms with Gasteiger partial charge in [0, 0.05) is 33.1 Å². The quantitative estimate of drug-likeness (QED) is 0.693. The third-order valence-electron chi connectivity index (χ3n) is 7.08. The number of nitrogens with zero attached hydrogens (tertiary/aromatic N) is 2. The molecule has 9 nitrogen and oxygen atoms in total. The third-order valence-corrected chi connectivity index (χ3v) is 8.65. The SMILES string of the molecule is CN(C)S(=O)(=O)NC1CCCN2C(=O)OCCCOc3cccc(c3)C3CCC(CC3)OCC12. The summed E-state index contributed by atoms with van der Waals surface area (Å²) in [5.41, 5.74) is 1.29. The van der Waals surface area contributed by atoms with Gasteiger partial charge in [0.1, 0.15) is 5.75 Å². The zero-order chi connectivity index (χ0) is 24.1. The minimum absolute atomic E-state index is 0.0947. The van der Waals surface area contributed by atoms with E-state index in [-0.39, 0.29) is 19.3 Å². The minimum atomic E-state index is -3.64. The second-order valence-corrected chi connectivity index (χ2v) is 11.5. The van der Waals surface area contributed by atoms with Gasteiger partial charge in [0.15, 0.2) is 0 Å². The lowest BCUT2D eigenvalue weighted by atomic mass is 9.82. The van der Waals surface area contributed by atoms with Gasteiger partial charge >= 0.3 is 6.09 Å². The van der Waals surface area contributed by atoms with E-state index in [2.05, 4.69) is 16.9 Å². The van der Waals surface area contributed by atoms with Crippen LogP contribution in [0.5, 0.6) is 5.75 Å². The van der Waals surface area contributed by atoms with Gasteiger partial charge in [-0.2, -0.15) is 17.4 Å². The van der Waals surface area contributed by atoms with E-state index in [1.165, 1.54) is 19.7 Å². The summed E-state index contributed by atoms with van der Waals surface area (Å²) in [6.07, 6.45) is 5.49. The number of amides is 1. The van der Waals surface area contributed by atoms with Crippen molar-refractivity contribution in [3.8, 4) is 5.75 Å². The Morgan fingerprint density at radius 1 is 1.03 bits per heavy atom. The predicted molar refractivity (Wildman–Crippen MR) is 128 cm³/mol. The molecule has 0 spiro atoms. The van der Waals surface area contributed by atoms with E-state index in [9.17, 15) is 13.2 Å². The van der Waals surface area contributed by atoms with Crippen LogP contribution < -0.4 is 9.46 Å². The maximum Gasteiger partial charge on any atom is 0.410 e. The van der Waals surface area contributed by atoms with E-state index in [0.717, 1.165) is 35.7 Å². The summed E-state index contributed by atoms with van der Waals surface area (Å²) in [4.78, 5) is 14.6. The van der Waals surface area contributed by atoms with Gasteiger partial charge in [-0.05, 0) is 62.1 Å². The van der Waals surface area contributed by atoms with Gasteiger partial charge in [0.2, 0.25) is 0 Å². The lowest BCUT2D eigenvalue weighted by Gasteiger charge is -2.41. The molecule has 2 atom stereocenters. The molecule has 3 aliphatic heterocycles. The molecule has 4 bridgehead atoms. The van der Waals surface area contributed by atoms with Gasteiger partial charge in [0.05, 0.1) is 32.0 Å². The molecule has 1 aliphatic carbocycles. The maximum absolute atomic E-state index is 13.0. The standard InChI is InChI=1S/C24H37N3O6S/c1-26(2)34(29,30)25-22-8-4-13-27-23(22)17-33-20-11-9-18(10-12-20)19-6-3-7-21(16-19)31-14-5-15-32-24(27)28/h3,6-7,16,18,20,22-23,25H,4-5,8-15,17H2,1-2H3. The van der Waals surface area contributed by atoms with Crippen LogP contribution in [0.1, 0.15) is 56.4 Å². The Hall–Kier alpha value is -1.88. The minimum Gasteiger partial charge on any atom is -0.493 e. The molecule has 2 fully saturated rings. The van der Waals surface area contributed by atoms with Crippen LogP contribution in [0.3, 0.4) is 0 Å². The Morgan fingerprint density at radius 2 is 1.79 bits per heavy atom. The van der Waals surface area contributed by atoms with Gasteiger partial charge < -0.3 is 19.1 Å². The number of hydrogen-bond acceptors (Lipinski definition) is 6. The molecule has 0 aromatic heterocycles.